The van der Waals surface area contributed by atoms with Gasteiger partial charge in [0.25, 0.3) is 5.91 Å². The fraction of sp³-hybridized carbons (Fsp3) is 0.406. The Kier molecular flexibility index (Phi) is 10.0. The van der Waals surface area contributed by atoms with Gasteiger partial charge in [-0.1, -0.05) is 48.5 Å². The SMILES string of the molecule is CC(C)(C)OC(=O)NC(C)(C)C(=O)N[C@H](COCc1ccccc1)C(=O)Nc1cn(CC(=O)N2CCc3ccccc32)cn1. The second-order valence-electron chi connectivity index (χ2n) is 12.1. The van der Waals surface area contributed by atoms with Gasteiger partial charge in [-0.25, -0.2) is 9.78 Å². The lowest BCUT2D eigenvalue weighted by molar-refractivity contribution is -0.131. The fourth-order valence-corrected chi connectivity index (χ4v) is 4.57. The monoisotopic (exact) mass is 604 g/mol. The number of anilines is 2. The average molecular weight is 605 g/mol. The number of fused-ring (bicyclic) bond motifs is 1. The zero-order valence-corrected chi connectivity index (χ0v) is 25.8. The summed E-state index contributed by atoms with van der Waals surface area (Å²) in [4.78, 5) is 57.9. The van der Waals surface area contributed by atoms with E-state index in [2.05, 4.69) is 20.9 Å². The van der Waals surface area contributed by atoms with Crippen LogP contribution in [0.15, 0.2) is 67.1 Å². The quantitative estimate of drug-likeness (QED) is 0.304. The van der Waals surface area contributed by atoms with Crippen molar-refractivity contribution in [1.29, 1.82) is 0 Å². The lowest BCUT2D eigenvalue weighted by Crippen LogP contribution is -2.59. The van der Waals surface area contributed by atoms with Gasteiger partial charge in [0.1, 0.15) is 23.7 Å². The Hall–Kier alpha value is -4.71. The highest BCUT2D eigenvalue weighted by Crippen LogP contribution is 2.27. The van der Waals surface area contributed by atoms with Crippen molar-refractivity contribution in [1.82, 2.24) is 20.2 Å². The van der Waals surface area contributed by atoms with E-state index < -0.39 is 35.1 Å². The van der Waals surface area contributed by atoms with Gasteiger partial charge >= 0.3 is 6.09 Å². The van der Waals surface area contributed by atoms with Gasteiger partial charge in [-0.2, -0.15) is 0 Å². The normalized spacial score (nSPS) is 13.5. The van der Waals surface area contributed by atoms with Crippen LogP contribution in [0.5, 0.6) is 0 Å². The molecule has 2 aromatic carbocycles. The van der Waals surface area contributed by atoms with Crippen molar-refractivity contribution >= 4 is 35.3 Å². The molecule has 234 valence electrons. The molecule has 0 fully saturated rings. The van der Waals surface area contributed by atoms with E-state index in [0.29, 0.717) is 6.54 Å². The van der Waals surface area contributed by atoms with Gasteiger partial charge in [-0.15, -0.1) is 0 Å². The van der Waals surface area contributed by atoms with Gasteiger partial charge in [-0.3, -0.25) is 14.4 Å². The molecule has 0 saturated carbocycles. The molecule has 3 aromatic rings. The number of ether oxygens (including phenoxy) is 2. The van der Waals surface area contributed by atoms with Crippen molar-refractivity contribution in [2.24, 2.45) is 0 Å². The molecule has 12 heteroatoms. The lowest BCUT2D eigenvalue weighted by Gasteiger charge is -2.29. The van der Waals surface area contributed by atoms with Gasteiger partial charge in [0, 0.05) is 18.4 Å². The Labute approximate surface area is 257 Å². The molecular formula is C32H40N6O6. The second-order valence-corrected chi connectivity index (χ2v) is 12.1. The van der Waals surface area contributed by atoms with E-state index in [1.165, 1.54) is 20.2 Å². The number of hydrogen-bond donors (Lipinski definition) is 3. The number of alkyl carbamates (subject to hydrolysis) is 1. The summed E-state index contributed by atoms with van der Waals surface area (Å²) in [7, 11) is 0. The van der Waals surface area contributed by atoms with Gasteiger partial charge < -0.3 is 34.9 Å². The second kappa shape index (κ2) is 13.7. The first kappa shape index (κ1) is 32.2. The molecule has 3 N–H and O–H groups in total. The molecule has 0 aliphatic carbocycles. The van der Waals surface area contributed by atoms with Crippen molar-refractivity contribution < 1.29 is 28.7 Å². The molecule has 44 heavy (non-hydrogen) atoms. The molecule has 1 aliphatic rings. The molecule has 12 nitrogen and oxygen atoms in total. The molecule has 0 radical (unpaired) electrons. The van der Waals surface area contributed by atoms with Crippen molar-refractivity contribution in [3.63, 3.8) is 0 Å². The Morgan fingerprint density at radius 2 is 1.68 bits per heavy atom. The molecular weight excluding hydrogens is 564 g/mol. The van der Waals surface area contributed by atoms with Crippen LogP contribution in [0.1, 0.15) is 45.7 Å². The smallest absolute Gasteiger partial charge is 0.408 e. The standard InChI is InChI=1S/C32H40N6O6/c1-31(2,3)44-30(42)36-32(4,5)29(41)34-24(20-43-19-22-11-7-6-8-12-22)28(40)35-26-17-37(21-33-26)18-27(39)38-16-15-23-13-9-10-14-25(23)38/h6-14,17,21,24H,15-16,18-20H2,1-5H3,(H,34,41)(H,35,40)(H,36,42)/t24-/m1/s1. The number of hydrogen-bond acceptors (Lipinski definition) is 7. The summed E-state index contributed by atoms with van der Waals surface area (Å²) < 4.78 is 12.6. The van der Waals surface area contributed by atoms with Crippen LogP contribution in [0.2, 0.25) is 0 Å². The van der Waals surface area contributed by atoms with Crippen LogP contribution in [0.25, 0.3) is 0 Å². The summed E-state index contributed by atoms with van der Waals surface area (Å²) in [5.74, 6) is -1.08. The van der Waals surface area contributed by atoms with Crippen LogP contribution in [0.3, 0.4) is 0 Å². The number of nitrogens with one attached hydrogen (secondary N) is 3. The molecule has 4 amide bonds. The van der Waals surface area contributed by atoms with Crippen molar-refractivity contribution in [3.05, 3.63) is 78.2 Å². The van der Waals surface area contributed by atoms with Gasteiger partial charge in [-0.05, 0) is 58.2 Å². The first-order chi connectivity index (χ1) is 20.8. The number of amides is 4. The van der Waals surface area contributed by atoms with E-state index in [9.17, 15) is 19.2 Å². The van der Waals surface area contributed by atoms with E-state index in [-0.39, 0.29) is 31.5 Å². The van der Waals surface area contributed by atoms with Crippen LogP contribution >= 0.6 is 0 Å². The first-order valence-electron chi connectivity index (χ1n) is 14.5. The van der Waals surface area contributed by atoms with Crippen LogP contribution in [-0.4, -0.2) is 63.7 Å². The molecule has 2 heterocycles. The van der Waals surface area contributed by atoms with E-state index in [4.69, 9.17) is 9.47 Å². The highest BCUT2D eigenvalue weighted by Gasteiger charge is 2.34. The van der Waals surface area contributed by atoms with Gasteiger partial charge in [0.15, 0.2) is 5.82 Å². The Morgan fingerprint density at radius 3 is 2.41 bits per heavy atom. The Morgan fingerprint density at radius 1 is 0.977 bits per heavy atom. The number of benzene rings is 2. The maximum atomic E-state index is 13.4. The lowest BCUT2D eigenvalue weighted by atomic mass is 10.0. The van der Waals surface area contributed by atoms with Crippen LogP contribution in [0, 0.1) is 0 Å². The number of carbonyl (C=O) groups is 4. The van der Waals surface area contributed by atoms with Crippen molar-refractivity contribution in [2.45, 2.75) is 71.4 Å². The molecule has 1 aromatic heterocycles. The first-order valence-corrected chi connectivity index (χ1v) is 14.5. The summed E-state index contributed by atoms with van der Waals surface area (Å²) in [5, 5.41) is 7.91. The van der Waals surface area contributed by atoms with E-state index in [1.807, 2.05) is 54.6 Å². The number of rotatable bonds is 11. The highest BCUT2D eigenvalue weighted by atomic mass is 16.6. The Balaban J connectivity index is 1.40. The minimum Gasteiger partial charge on any atom is -0.444 e. The van der Waals surface area contributed by atoms with Gasteiger partial charge in [0.2, 0.25) is 11.8 Å². The summed E-state index contributed by atoms with van der Waals surface area (Å²) in [6.45, 7) is 8.88. The summed E-state index contributed by atoms with van der Waals surface area (Å²) >= 11 is 0. The number of imidazole rings is 1. The average Bonchev–Trinajstić information content (AvgIpc) is 3.58. The third-order valence-electron chi connectivity index (χ3n) is 6.79. The maximum absolute atomic E-state index is 13.4. The number of aromatic nitrogens is 2. The predicted molar refractivity (Wildman–Crippen MR) is 165 cm³/mol. The third-order valence-corrected chi connectivity index (χ3v) is 6.79. The van der Waals surface area contributed by atoms with E-state index in [0.717, 1.165) is 23.2 Å². The van der Waals surface area contributed by atoms with E-state index in [1.54, 1.807) is 36.4 Å². The maximum Gasteiger partial charge on any atom is 0.408 e. The highest BCUT2D eigenvalue weighted by molar-refractivity contribution is 5.99. The van der Waals surface area contributed by atoms with Crippen LogP contribution < -0.4 is 20.9 Å². The molecule has 0 spiro atoms. The van der Waals surface area contributed by atoms with Gasteiger partial charge in [0.05, 0.1) is 19.5 Å². The zero-order chi connectivity index (χ0) is 31.9. The Bertz CT molecular complexity index is 1480. The zero-order valence-electron chi connectivity index (χ0n) is 25.8. The minimum absolute atomic E-state index is 0.0437. The van der Waals surface area contributed by atoms with E-state index >= 15 is 0 Å². The van der Waals surface area contributed by atoms with Crippen molar-refractivity contribution in [2.75, 3.05) is 23.4 Å². The molecule has 1 atom stereocenters. The number of para-hydroxylation sites is 1. The van der Waals surface area contributed by atoms with Crippen LogP contribution in [-0.2, 0) is 43.4 Å². The molecule has 1 aliphatic heterocycles. The molecule has 0 bridgehead atoms. The van der Waals surface area contributed by atoms with Crippen molar-refractivity contribution in [3.8, 4) is 0 Å². The summed E-state index contributed by atoms with van der Waals surface area (Å²) in [6, 6.07) is 16.1. The summed E-state index contributed by atoms with van der Waals surface area (Å²) in [5.41, 5.74) is 0.776. The molecule has 0 saturated heterocycles. The molecule has 0 unspecified atom stereocenters. The fourth-order valence-electron chi connectivity index (χ4n) is 4.57. The number of nitrogens with zero attached hydrogens (tertiary/aromatic N) is 3. The minimum atomic E-state index is -1.41. The topological polar surface area (TPSA) is 144 Å². The molecule has 4 rings (SSSR count). The number of carbonyl (C=O) groups excluding carboxylic acids is 4. The largest absolute Gasteiger partial charge is 0.444 e. The van der Waals surface area contributed by atoms with Crippen LogP contribution in [0.4, 0.5) is 16.3 Å². The third kappa shape index (κ3) is 8.90. The predicted octanol–water partition coefficient (Wildman–Crippen LogP) is 3.42. The summed E-state index contributed by atoms with van der Waals surface area (Å²) in [6.07, 6.45) is 3.05.